The lowest BCUT2D eigenvalue weighted by Gasteiger charge is -2.09. The molecule has 0 radical (unpaired) electrons. The number of thiazole rings is 1. The minimum Gasteiger partial charge on any atom is -0.351 e. The first-order valence-electron chi connectivity index (χ1n) is 5.53. The molecule has 0 saturated heterocycles. The summed E-state index contributed by atoms with van der Waals surface area (Å²) in [4.78, 5) is 25.7. The molecular formula is C11H19N3O2S. The number of hydrogen-bond donors (Lipinski definition) is 1. The van der Waals surface area contributed by atoms with Crippen molar-refractivity contribution < 1.29 is 4.79 Å². The molecule has 1 aromatic heterocycles. The molecule has 1 heterocycles. The number of aromatic nitrogens is 1. The molecule has 0 aliphatic heterocycles. The molecule has 0 spiro atoms. The summed E-state index contributed by atoms with van der Waals surface area (Å²) in [6, 6.07) is 0. The van der Waals surface area contributed by atoms with Gasteiger partial charge in [0.05, 0.1) is 0 Å². The summed E-state index contributed by atoms with van der Waals surface area (Å²) in [5.41, 5.74) is 0.727. The summed E-state index contributed by atoms with van der Waals surface area (Å²) in [6.07, 6.45) is 0.902. The fraction of sp³-hybridized carbons (Fsp3) is 0.636. The van der Waals surface area contributed by atoms with Crippen molar-refractivity contribution in [2.75, 3.05) is 27.2 Å². The van der Waals surface area contributed by atoms with E-state index in [1.807, 2.05) is 14.1 Å². The molecule has 0 atom stereocenters. The van der Waals surface area contributed by atoms with Gasteiger partial charge < -0.3 is 14.8 Å². The smallest absolute Gasteiger partial charge is 0.307 e. The number of rotatable bonds is 5. The number of nitrogens with zero attached hydrogens (tertiary/aromatic N) is 2. The van der Waals surface area contributed by atoms with E-state index in [9.17, 15) is 9.59 Å². The highest BCUT2D eigenvalue weighted by atomic mass is 32.1. The van der Waals surface area contributed by atoms with E-state index in [2.05, 4.69) is 10.2 Å². The second kappa shape index (κ2) is 5.97. The molecule has 6 heteroatoms. The van der Waals surface area contributed by atoms with Crippen molar-refractivity contribution in [3.63, 3.8) is 0 Å². The monoisotopic (exact) mass is 257 g/mol. The van der Waals surface area contributed by atoms with E-state index >= 15 is 0 Å². The van der Waals surface area contributed by atoms with Gasteiger partial charge in [-0.25, -0.2) is 0 Å². The van der Waals surface area contributed by atoms with E-state index in [1.54, 1.807) is 14.0 Å². The van der Waals surface area contributed by atoms with Crippen molar-refractivity contribution in [2.24, 2.45) is 7.05 Å². The summed E-state index contributed by atoms with van der Waals surface area (Å²) in [6.45, 7) is 3.35. The maximum absolute atomic E-state index is 11.8. The molecule has 1 rings (SSSR count). The van der Waals surface area contributed by atoms with E-state index in [0.717, 1.165) is 30.0 Å². The third-order valence-electron chi connectivity index (χ3n) is 2.57. The van der Waals surface area contributed by atoms with Gasteiger partial charge in [-0.05, 0) is 34.0 Å². The highest BCUT2D eigenvalue weighted by Crippen LogP contribution is 2.09. The minimum absolute atomic E-state index is 0.0964. The van der Waals surface area contributed by atoms with Crippen LogP contribution in [0.25, 0.3) is 0 Å². The van der Waals surface area contributed by atoms with E-state index < -0.39 is 0 Å². The van der Waals surface area contributed by atoms with E-state index in [1.165, 1.54) is 4.57 Å². The Morgan fingerprint density at radius 1 is 1.47 bits per heavy atom. The molecule has 1 amide bonds. The average molecular weight is 257 g/mol. The summed E-state index contributed by atoms with van der Waals surface area (Å²) in [7, 11) is 5.67. The van der Waals surface area contributed by atoms with Crippen molar-refractivity contribution in [1.29, 1.82) is 0 Å². The number of hydrogen-bond acceptors (Lipinski definition) is 4. The Morgan fingerprint density at radius 3 is 2.59 bits per heavy atom. The van der Waals surface area contributed by atoms with E-state index in [-0.39, 0.29) is 10.8 Å². The Hall–Kier alpha value is -1.14. The number of nitrogens with one attached hydrogen (secondary N) is 1. The van der Waals surface area contributed by atoms with Gasteiger partial charge in [-0.3, -0.25) is 9.59 Å². The van der Waals surface area contributed by atoms with Gasteiger partial charge in [-0.15, -0.1) is 0 Å². The van der Waals surface area contributed by atoms with Crippen molar-refractivity contribution in [3.8, 4) is 0 Å². The van der Waals surface area contributed by atoms with Crippen molar-refractivity contribution >= 4 is 17.2 Å². The molecular weight excluding hydrogens is 238 g/mol. The third-order valence-corrected chi connectivity index (χ3v) is 3.70. The molecule has 0 aliphatic carbocycles. The second-order valence-corrected chi connectivity index (χ2v) is 5.22. The lowest BCUT2D eigenvalue weighted by Crippen LogP contribution is -2.27. The van der Waals surface area contributed by atoms with Gasteiger partial charge >= 0.3 is 4.87 Å². The minimum atomic E-state index is -0.149. The molecule has 0 bridgehead atoms. The second-order valence-electron chi connectivity index (χ2n) is 4.25. The summed E-state index contributed by atoms with van der Waals surface area (Å²) < 4.78 is 1.50. The molecule has 1 aromatic rings. The Labute approximate surface area is 105 Å². The van der Waals surface area contributed by atoms with Crippen LogP contribution in [0.3, 0.4) is 0 Å². The van der Waals surface area contributed by atoms with Crippen LogP contribution in [0.2, 0.25) is 0 Å². The van der Waals surface area contributed by atoms with Crippen LogP contribution in [-0.2, 0) is 7.05 Å². The van der Waals surface area contributed by atoms with Crippen molar-refractivity contribution in [3.05, 3.63) is 20.2 Å². The van der Waals surface area contributed by atoms with Crippen molar-refractivity contribution in [2.45, 2.75) is 13.3 Å². The first-order valence-corrected chi connectivity index (χ1v) is 6.34. The van der Waals surface area contributed by atoms with E-state index in [4.69, 9.17) is 0 Å². The normalized spacial score (nSPS) is 10.9. The molecule has 1 N–H and O–H groups in total. The third kappa shape index (κ3) is 3.67. The number of carbonyl (C=O) groups excluding carboxylic acids is 1. The molecule has 0 aromatic carbocycles. The van der Waals surface area contributed by atoms with Crippen LogP contribution in [0.1, 0.15) is 21.8 Å². The van der Waals surface area contributed by atoms with Gasteiger partial charge in [0.1, 0.15) is 4.88 Å². The predicted octanol–water partition coefficient (Wildman–Crippen LogP) is 0.437. The zero-order valence-electron chi connectivity index (χ0n) is 10.7. The van der Waals surface area contributed by atoms with Crippen LogP contribution < -0.4 is 10.2 Å². The largest absolute Gasteiger partial charge is 0.351 e. The topological polar surface area (TPSA) is 54.3 Å². The maximum Gasteiger partial charge on any atom is 0.307 e. The molecule has 0 unspecified atom stereocenters. The van der Waals surface area contributed by atoms with Crippen LogP contribution in [0.15, 0.2) is 4.79 Å². The van der Waals surface area contributed by atoms with Gasteiger partial charge in [0, 0.05) is 19.3 Å². The SMILES string of the molecule is Cc1c(C(=O)NCCCN(C)C)sc(=O)n1C. The van der Waals surface area contributed by atoms with Crippen molar-refractivity contribution in [1.82, 2.24) is 14.8 Å². The van der Waals surface area contributed by atoms with Gasteiger partial charge in [0.25, 0.3) is 5.91 Å². The quantitative estimate of drug-likeness (QED) is 0.779. The molecule has 5 nitrogen and oxygen atoms in total. The Morgan fingerprint density at radius 2 is 2.12 bits per heavy atom. The number of amides is 1. The first kappa shape index (κ1) is 13.9. The maximum atomic E-state index is 11.8. The van der Waals surface area contributed by atoms with Crippen LogP contribution in [0.4, 0.5) is 0 Å². The Bertz CT molecular complexity index is 448. The molecule has 0 aliphatic rings. The highest BCUT2D eigenvalue weighted by Gasteiger charge is 2.14. The van der Waals surface area contributed by atoms with Gasteiger partial charge in [-0.1, -0.05) is 11.3 Å². The summed E-state index contributed by atoms with van der Waals surface area (Å²) >= 11 is 0.998. The molecule has 17 heavy (non-hydrogen) atoms. The van der Waals surface area contributed by atoms with Crippen LogP contribution >= 0.6 is 11.3 Å². The molecule has 96 valence electrons. The van der Waals surface area contributed by atoms with Gasteiger partial charge in [0.2, 0.25) is 0 Å². The van der Waals surface area contributed by atoms with Crippen LogP contribution in [-0.4, -0.2) is 42.6 Å². The molecule has 0 fully saturated rings. The summed E-state index contributed by atoms with van der Waals surface area (Å²) in [5, 5.41) is 2.83. The van der Waals surface area contributed by atoms with Crippen LogP contribution in [0, 0.1) is 6.92 Å². The number of carbonyl (C=O) groups is 1. The highest BCUT2D eigenvalue weighted by molar-refractivity contribution is 7.11. The Kier molecular flexibility index (Phi) is 4.89. The Balaban J connectivity index is 2.53. The van der Waals surface area contributed by atoms with E-state index in [0.29, 0.717) is 11.4 Å². The molecule has 0 saturated carbocycles. The lowest BCUT2D eigenvalue weighted by atomic mass is 10.3. The van der Waals surface area contributed by atoms with Gasteiger partial charge in [0.15, 0.2) is 0 Å². The standard InChI is InChI=1S/C11H19N3O2S/c1-8-9(17-11(16)14(8)4)10(15)12-6-5-7-13(2)3/h5-7H2,1-4H3,(H,12,15). The first-order chi connectivity index (χ1) is 7.93. The lowest BCUT2D eigenvalue weighted by molar-refractivity contribution is 0.0955. The summed E-state index contributed by atoms with van der Waals surface area (Å²) in [5.74, 6) is -0.149. The van der Waals surface area contributed by atoms with Gasteiger partial charge in [-0.2, -0.15) is 0 Å². The average Bonchev–Trinajstić information content (AvgIpc) is 2.52. The predicted molar refractivity (Wildman–Crippen MR) is 69.8 cm³/mol. The fourth-order valence-corrected chi connectivity index (χ4v) is 2.30. The fourth-order valence-electron chi connectivity index (χ4n) is 1.41. The zero-order valence-corrected chi connectivity index (χ0v) is 11.6. The van der Waals surface area contributed by atoms with Crippen LogP contribution in [0.5, 0.6) is 0 Å². The zero-order chi connectivity index (χ0) is 13.0.